The molecule has 0 aromatic carbocycles. The lowest BCUT2D eigenvalue weighted by Gasteiger charge is -2.29. The van der Waals surface area contributed by atoms with Crippen LogP contribution in [0, 0.1) is 0 Å². The van der Waals surface area contributed by atoms with Crippen LogP contribution in [0.4, 0.5) is 0 Å². The van der Waals surface area contributed by atoms with Gasteiger partial charge in [0, 0.05) is 0 Å². The third-order valence-electron chi connectivity index (χ3n) is 2.00. The van der Waals surface area contributed by atoms with Gasteiger partial charge in [-0.05, 0) is 38.3 Å². The third-order valence-corrected chi connectivity index (χ3v) is 10.3. The minimum Gasteiger partial charge on any atom is -0.330 e. The molecule has 0 aliphatic heterocycles. The molecule has 0 saturated heterocycles. The first kappa shape index (κ1) is 17.0. The average molecular weight is 294 g/mol. The van der Waals surface area contributed by atoms with Crippen LogP contribution in [0.1, 0.15) is 0 Å². The number of allylic oxidation sites excluding steroid dienone is 2. The first-order chi connectivity index (χ1) is 7.54. The van der Waals surface area contributed by atoms with Crippen LogP contribution < -0.4 is 0 Å². The zero-order valence-electron chi connectivity index (χ0n) is 11.1. The van der Waals surface area contributed by atoms with E-state index < -0.39 is 24.5 Å². The van der Waals surface area contributed by atoms with Crippen LogP contribution in [0.25, 0.3) is 0 Å². The van der Waals surface area contributed by atoms with Crippen molar-refractivity contribution in [2.45, 2.75) is 38.3 Å². The minimum absolute atomic E-state index is 0.615. The Morgan fingerprint density at radius 1 is 1.06 bits per heavy atom. The topological polar surface area (TPSA) is 55.8 Å². The molecule has 0 fully saturated rings. The summed E-state index contributed by atoms with van der Waals surface area (Å²) >= 11 is 0. The summed E-state index contributed by atoms with van der Waals surface area (Å²) in [5.41, 5.74) is 0. The average Bonchev–Trinajstić information content (AvgIpc) is 1.96. The zero-order valence-corrected chi connectivity index (χ0v) is 14.0. The van der Waals surface area contributed by atoms with Gasteiger partial charge in [0.15, 0.2) is 0 Å². The van der Waals surface area contributed by atoms with Crippen molar-refractivity contribution in [3.63, 3.8) is 0 Å². The summed E-state index contributed by atoms with van der Waals surface area (Å²) in [7, 11) is -8.41. The highest BCUT2D eigenvalue weighted by molar-refractivity contribution is 7.51. The molecule has 0 atom stereocenters. The molecule has 0 spiro atoms. The fourth-order valence-electron chi connectivity index (χ4n) is 1.41. The van der Waals surface area contributed by atoms with Crippen LogP contribution in [-0.4, -0.2) is 21.5 Å². The van der Waals surface area contributed by atoms with E-state index in [1.807, 2.05) is 26.2 Å². The highest BCUT2D eigenvalue weighted by atomic mass is 31.2. The summed E-state index contributed by atoms with van der Waals surface area (Å²) in [5.74, 6) is 0. The molecule has 7 heteroatoms. The molecule has 0 saturated carbocycles. The molecular weight excluding hydrogens is 271 g/mol. The second-order valence-corrected chi connectivity index (χ2v) is 15.4. The highest BCUT2D eigenvalue weighted by Gasteiger charge is 2.38. The van der Waals surface area contributed by atoms with Crippen molar-refractivity contribution in [1.82, 2.24) is 0 Å². The molecule has 4 nitrogen and oxygen atoms in total. The van der Waals surface area contributed by atoms with Crippen molar-refractivity contribution in [3.05, 3.63) is 25.3 Å². The van der Waals surface area contributed by atoms with Crippen molar-refractivity contribution in [3.8, 4) is 0 Å². The number of hydrogen-bond donors (Lipinski definition) is 1. The summed E-state index contributed by atoms with van der Waals surface area (Å²) < 4.78 is 22.5. The second kappa shape index (κ2) is 6.27. The fraction of sp³-hybridized carbons (Fsp3) is 0.600. The molecule has 0 aliphatic rings. The molecule has 0 aromatic heterocycles. The lowest BCUT2D eigenvalue weighted by molar-refractivity contribution is 0.285. The van der Waals surface area contributed by atoms with E-state index in [0.717, 1.165) is 0 Å². The molecule has 0 aliphatic carbocycles. The van der Waals surface area contributed by atoms with Crippen LogP contribution in [-0.2, 0) is 13.0 Å². The summed E-state index contributed by atoms with van der Waals surface area (Å²) in [6.45, 7) is 14.7. The molecular formula is C10H23O4PSi2. The predicted octanol–water partition coefficient (Wildman–Crippen LogP) is 3.90. The van der Waals surface area contributed by atoms with Crippen LogP contribution in [0.3, 0.4) is 0 Å². The Bertz CT molecular complexity index is 300. The van der Waals surface area contributed by atoms with E-state index in [-0.39, 0.29) is 0 Å². The molecule has 0 aromatic rings. The molecule has 100 valence electrons. The van der Waals surface area contributed by atoms with E-state index in [9.17, 15) is 9.46 Å². The molecule has 17 heavy (non-hydrogen) atoms. The van der Waals surface area contributed by atoms with Crippen LogP contribution in [0.5, 0.6) is 0 Å². The van der Waals surface area contributed by atoms with E-state index in [2.05, 4.69) is 13.2 Å². The van der Waals surface area contributed by atoms with Crippen molar-refractivity contribution in [2.75, 3.05) is 0 Å². The van der Waals surface area contributed by atoms with Gasteiger partial charge in [-0.3, -0.25) is 0 Å². The van der Waals surface area contributed by atoms with Crippen LogP contribution in [0.2, 0.25) is 38.3 Å². The molecule has 0 radical (unpaired) electrons. The predicted molar refractivity (Wildman–Crippen MR) is 77.0 cm³/mol. The zero-order chi connectivity index (χ0) is 13.7. The van der Waals surface area contributed by atoms with Gasteiger partial charge in [0.05, 0.1) is 0 Å². The van der Waals surface area contributed by atoms with Crippen molar-refractivity contribution >= 4 is 24.5 Å². The van der Waals surface area contributed by atoms with Crippen molar-refractivity contribution in [1.29, 1.82) is 0 Å². The number of phosphoric acid groups is 1. The maximum Gasteiger partial charge on any atom is 0.452 e. The Kier molecular flexibility index (Phi) is 6.28. The summed E-state index contributed by atoms with van der Waals surface area (Å²) in [6.07, 6.45) is 3.41. The Balaban J connectivity index is 4.64. The van der Waals surface area contributed by atoms with E-state index >= 15 is 0 Å². The Hall–Kier alpha value is 0.0238. The van der Waals surface area contributed by atoms with Gasteiger partial charge < -0.3 is 13.3 Å². The Morgan fingerprint density at radius 3 is 1.59 bits per heavy atom. The van der Waals surface area contributed by atoms with Gasteiger partial charge in [-0.25, -0.2) is 4.57 Å². The largest absolute Gasteiger partial charge is 0.452 e. The van der Waals surface area contributed by atoms with Gasteiger partial charge in [0.2, 0.25) is 16.6 Å². The first-order valence-electron chi connectivity index (χ1n) is 5.50. The molecule has 0 unspecified atom stereocenters. The van der Waals surface area contributed by atoms with E-state index in [0.29, 0.717) is 12.1 Å². The lowest BCUT2D eigenvalue weighted by Crippen LogP contribution is -2.33. The van der Waals surface area contributed by atoms with Gasteiger partial charge in [-0.2, -0.15) is 0 Å². The molecule has 0 rings (SSSR count). The van der Waals surface area contributed by atoms with Gasteiger partial charge in [0.1, 0.15) is 0 Å². The monoisotopic (exact) mass is 294 g/mol. The maximum absolute atomic E-state index is 11.9. The highest BCUT2D eigenvalue weighted by Crippen LogP contribution is 2.50. The normalized spacial score (nSPS) is 13.5. The van der Waals surface area contributed by atoms with Crippen LogP contribution in [0.15, 0.2) is 25.3 Å². The summed E-state index contributed by atoms with van der Waals surface area (Å²) in [5, 5.41) is 0. The van der Waals surface area contributed by atoms with Gasteiger partial charge in [-0.15, -0.1) is 13.2 Å². The lowest BCUT2D eigenvalue weighted by atomic mass is 10.8. The number of rotatable bonds is 8. The maximum atomic E-state index is 11.9. The second-order valence-electron chi connectivity index (χ2n) is 5.16. The molecule has 0 amide bonds. The van der Waals surface area contributed by atoms with Gasteiger partial charge >= 0.3 is 7.82 Å². The summed E-state index contributed by atoms with van der Waals surface area (Å²) in [6, 6.07) is 1.23. The van der Waals surface area contributed by atoms with Crippen molar-refractivity contribution in [2.24, 2.45) is 0 Å². The van der Waals surface area contributed by atoms with E-state index in [1.54, 1.807) is 12.2 Å². The minimum atomic E-state index is -3.97. The Labute approximate surface area is 106 Å². The van der Waals surface area contributed by atoms with E-state index in [1.165, 1.54) is 0 Å². The first-order valence-corrected chi connectivity index (χ1v) is 13.2. The molecule has 0 bridgehead atoms. The third kappa shape index (κ3) is 7.86. The smallest absolute Gasteiger partial charge is 0.330 e. The van der Waals surface area contributed by atoms with Crippen molar-refractivity contribution < 1.29 is 17.9 Å². The quantitative estimate of drug-likeness (QED) is 0.419. The molecule has 0 heterocycles. The Morgan fingerprint density at radius 2 is 1.35 bits per heavy atom. The number of hydrogen-bond acceptors (Lipinski definition) is 3. The standard InChI is InChI=1S/C10H23O4PSi2/c1-7-9-16(3,4)13-15(11,12)14-17(5,6)10-8-2/h7-8H,1-2,9-10H2,3-6H3,(H,11,12). The summed E-state index contributed by atoms with van der Waals surface area (Å²) in [4.78, 5) is 9.75. The van der Waals surface area contributed by atoms with E-state index in [4.69, 9.17) is 8.43 Å². The van der Waals surface area contributed by atoms with Gasteiger partial charge in [-0.1, -0.05) is 12.2 Å². The fourth-order valence-corrected chi connectivity index (χ4v) is 8.88. The molecule has 1 N–H and O–H groups in total. The van der Waals surface area contributed by atoms with Crippen LogP contribution >= 0.6 is 7.82 Å². The SMILES string of the molecule is C=CC[Si](C)(C)OP(=O)(O)O[Si](C)(C)CC=C. The van der Waals surface area contributed by atoms with Gasteiger partial charge in [0.25, 0.3) is 0 Å².